The predicted molar refractivity (Wildman–Crippen MR) is 263 cm³/mol. The van der Waals surface area contributed by atoms with Gasteiger partial charge in [-0.1, -0.05) is 148 Å². The van der Waals surface area contributed by atoms with Crippen LogP contribution in [0.5, 0.6) is 0 Å². The normalized spacial score (nSPS) is 11.6. The van der Waals surface area contributed by atoms with Gasteiger partial charge in [0.05, 0.1) is 36.7 Å². The maximum absolute atomic E-state index is 12.5. The molecule has 0 aliphatic rings. The van der Waals surface area contributed by atoms with Crippen LogP contribution in [0.25, 0.3) is 83.6 Å². The minimum absolute atomic E-state index is 0. The Morgan fingerprint density at radius 3 is 1.95 bits per heavy atom. The number of fused-ring (bicyclic) bond motifs is 4. The van der Waals surface area contributed by atoms with Gasteiger partial charge in [-0.3, -0.25) is 4.98 Å². The molecule has 0 N–H and O–H groups in total. The van der Waals surface area contributed by atoms with Gasteiger partial charge in [-0.05, 0) is 87.3 Å². The molecule has 1 radical (unpaired) electrons. The molecule has 0 spiro atoms. The number of para-hydroxylation sites is 2. The first-order chi connectivity index (χ1) is 30.4. The minimum atomic E-state index is -1.40. The van der Waals surface area contributed by atoms with Gasteiger partial charge in [-0.15, -0.1) is 54.1 Å². The first-order valence-electron chi connectivity index (χ1n) is 21.7. The summed E-state index contributed by atoms with van der Waals surface area (Å²) in [6.45, 7) is 16.4. The van der Waals surface area contributed by atoms with Crippen molar-refractivity contribution in [1.29, 1.82) is 0 Å². The molecule has 7 heteroatoms. The Hall–Kier alpha value is -6.24. The Kier molecular flexibility index (Phi) is 12.8. The Morgan fingerprint density at radius 2 is 1.30 bits per heavy atom. The summed E-state index contributed by atoms with van der Waals surface area (Å²) >= 11 is 0. The van der Waals surface area contributed by atoms with E-state index in [1.165, 1.54) is 51.0 Å². The minimum Gasteiger partial charge on any atom is -0.501 e. The molecule has 4 nitrogen and oxygen atoms in total. The molecule has 64 heavy (non-hydrogen) atoms. The fraction of sp³-hybridized carbons (Fsp3) is 0.158. The molecule has 0 saturated heterocycles. The molecule has 0 aliphatic carbocycles. The van der Waals surface area contributed by atoms with Crippen molar-refractivity contribution in [2.24, 2.45) is 0 Å². The first kappa shape index (κ1) is 44.4. The Bertz CT molecular complexity index is 3180. The van der Waals surface area contributed by atoms with Crippen LogP contribution in [0.3, 0.4) is 0 Å². The first-order valence-corrected chi connectivity index (χ1v) is 25.2. The fourth-order valence-electron chi connectivity index (χ4n) is 8.37. The van der Waals surface area contributed by atoms with Gasteiger partial charge in [0.2, 0.25) is 0 Å². The van der Waals surface area contributed by atoms with Gasteiger partial charge in [0, 0.05) is 31.2 Å². The van der Waals surface area contributed by atoms with Crippen molar-refractivity contribution >= 4 is 46.2 Å². The summed E-state index contributed by atoms with van der Waals surface area (Å²) in [4.78, 5) is 9.28. The van der Waals surface area contributed by atoms with E-state index >= 15 is 0 Å². The molecule has 3 heterocycles. The van der Waals surface area contributed by atoms with E-state index < -0.39 is 8.07 Å². The van der Waals surface area contributed by atoms with Crippen molar-refractivity contribution < 1.29 is 28.9 Å². The van der Waals surface area contributed by atoms with Gasteiger partial charge < -0.3 is 14.0 Å². The third kappa shape index (κ3) is 8.81. The number of imidazole rings is 1. The number of nitrogens with zero attached hydrogens (tertiary/aromatic N) is 3. The second-order valence-electron chi connectivity index (χ2n) is 17.8. The zero-order valence-corrected chi connectivity index (χ0v) is 40.6. The molecule has 3 aromatic heterocycles. The van der Waals surface area contributed by atoms with E-state index in [0.29, 0.717) is 0 Å². The van der Waals surface area contributed by atoms with E-state index in [1.54, 1.807) is 12.1 Å². The molecule has 0 bridgehead atoms. The standard InChI is InChI=1S/C46H43N2OSi.C11H7FN.Ir/c1-29(2)39-26-34(32-20-23-35(24-21-32)50(5,6)7)27-40(30(3)4)44(39)48-42-19-12-11-18-41(42)47-46(48)38-17-13-16-37-36-25-22-33(28-43(36)49-45(37)38)31-14-9-8-10-15-31;12-10-6-7-11(13-8-10)9-4-2-1-3-5-9;/h8-16,18-30H,1-7H3;1-4,6-8H;/q2*-1;. The van der Waals surface area contributed by atoms with Crippen LogP contribution >= 0.6 is 0 Å². The third-order valence-corrected chi connectivity index (χ3v) is 13.8. The van der Waals surface area contributed by atoms with Crippen LogP contribution in [-0.4, -0.2) is 22.6 Å². The van der Waals surface area contributed by atoms with Gasteiger partial charge in [-0.2, -0.15) is 0 Å². The molecule has 0 fully saturated rings. The largest absolute Gasteiger partial charge is 0.501 e. The number of hydrogen-bond donors (Lipinski definition) is 0. The molecule has 0 saturated carbocycles. The van der Waals surface area contributed by atoms with E-state index in [-0.39, 0.29) is 37.8 Å². The molecule has 0 amide bonds. The van der Waals surface area contributed by atoms with Gasteiger partial charge in [0.15, 0.2) is 0 Å². The summed E-state index contributed by atoms with van der Waals surface area (Å²) in [6, 6.07) is 60.8. The van der Waals surface area contributed by atoms with Crippen LogP contribution in [0.15, 0.2) is 168 Å². The molecule has 10 rings (SSSR count). The van der Waals surface area contributed by atoms with E-state index in [2.05, 4.69) is 178 Å². The van der Waals surface area contributed by atoms with Crippen LogP contribution in [-0.2, 0) is 20.1 Å². The topological polar surface area (TPSA) is 43.9 Å². The van der Waals surface area contributed by atoms with Crippen LogP contribution in [0.2, 0.25) is 19.6 Å². The molecule has 10 aromatic rings. The van der Waals surface area contributed by atoms with Crippen LogP contribution in [0.1, 0.15) is 50.7 Å². The fourth-order valence-corrected chi connectivity index (χ4v) is 9.54. The van der Waals surface area contributed by atoms with Crippen molar-refractivity contribution in [2.75, 3.05) is 0 Å². The summed E-state index contributed by atoms with van der Waals surface area (Å²) in [5.74, 6) is 1.08. The number of halogens is 1. The van der Waals surface area contributed by atoms with E-state index in [4.69, 9.17) is 9.40 Å². The zero-order chi connectivity index (χ0) is 43.8. The maximum Gasteiger partial charge on any atom is 0.139 e. The molecule has 7 aromatic carbocycles. The van der Waals surface area contributed by atoms with Gasteiger partial charge in [0.25, 0.3) is 0 Å². The number of aromatic nitrogens is 3. The van der Waals surface area contributed by atoms with Crippen molar-refractivity contribution in [2.45, 2.75) is 59.2 Å². The average Bonchev–Trinajstić information content (AvgIpc) is 3.88. The van der Waals surface area contributed by atoms with E-state index in [1.807, 2.05) is 30.3 Å². The number of hydrogen-bond acceptors (Lipinski definition) is 3. The van der Waals surface area contributed by atoms with Crippen LogP contribution in [0, 0.1) is 17.9 Å². The smallest absolute Gasteiger partial charge is 0.139 e. The van der Waals surface area contributed by atoms with Crippen molar-refractivity contribution in [3.05, 3.63) is 193 Å². The number of rotatable bonds is 8. The van der Waals surface area contributed by atoms with Crippen molar-refractivity contribution in [1.82, 2.24) is 14.5 Å². The maximum atomic E-state index is 12.5. The number of pyridine rings is 1. The average molecular weight is 1030 g/mol. The van der Waals surface area contributed by atoms with Gasteiger partial charge in [-0.25, -0.2) is 4.39 Å². The van der Waals surface area contributed by atoms with Crippen molar-refractivity contribution in [3.8, 4) is 50.6 Å². The second-order valence-corrected chi connectivity index (χ2v) is 22.9. The quantitative estimate of drug-likeness (QED) is 0.113. The number of furan rings is 1. The summed E-state index contributed by atoms with van der Waals surface area (Å²) in [7, 11) is -1.40. The van der Waals surface area contributed by atoms with Crippen LogP contribution in [0.4, 0.5) is 4.39 Å². The molecule has 321 valence electrons. The van der Waals surface area contributed by atoms with E-state index in [0.717, 1.165) is 61.2 Å². The summed E-state index contributed by atoms with van der Waals surface area (Å²) in [5, 5.41) is 3.64. The Labute approximate surface area is 390 Å². The summed E-state index contributed by atoms with van der Waals surface area (Å²) in [6.07, 6.45) is 1.20. The van der Waals surface area contributed by atoms with Gasteiger partial charge in [0.1, 0.15) is 11.4 Å². The monoisotopic (exact) mass is 1030 g/mol. The van der Waals surface area contributed by atoms with Crippen LogP contribution < -0.4 is 5.19 Å². The Balaban J connectivity index is 0.000000343. The SMILES string of the molecule is CC(C)c1cc(-c2ccc([Si](C)(C)C)cc2)cc(C(C)C)c1-n1c(-c2[c-]ccc3c2oc2cc(-c4ccccc4)ccc23)nc2ccccc21.Fc1ccc(-c2[c-]cccc2)nc1.[Ir]. The molecular weight excluding hydrogens is 982 g/mol. The summed E-state index contributed by atoms with van der Waals surface area (Å²) < 4.78 is 21.7. The zero-order valence-electron chi connectivity index (χ0n) is 37.2. The van der Waals surface area contributed by atoms with Crippen molar-refractivity contribution in [3.63, 3.8) is 0 Å². The Morgan fingerprint density at radius 1 is 0.625 bits per heavy atom. The number of benzene rings is 7. The molecule has 0 aliphatic heterocycles. The molecule has 0 atom stereocenters. The van der Waals surface area contributed by atoms with E-state index in [9.17, 15) is 4.39 Å². The predicted octanol–water partition coefficient (Wildman–Crippen LogP) is 15.2. The summed E-state index contributed by atoms with van der Waals surface area (Å²) in [5.41, 5.74) is 14.8. The molecule has 0 unspecified atom stereocenters. The third-order valence-electron chi connectivity index (χ3n) is 11.8. The van der Waals surface area contributed by atoms with Gasteiger partial charge >= 0.3 is 0 Å². The second kappa shape index (κ2) is 18.5. The molecular formula is C57H50FIrN3OSi-2.